The van der Waals surface area contributed by atoms with Gasteiger partial charge in [0.2, 0.25) is 5.78 Å². The van der Waals surface area contributed by atoms with Gasteiger partial charge in [-0.1, -0.05) is 42.5 Å². The maximum absolute atomic E-state index is 11.8. The molecule has 2 aromatic rings. The molecule has 25 heavy (non-hydrogen) atoms. The Balaban J connectivity index is 1.68. The summed E-state index contributed by atoms with van der Waals surface area (Å²) in [5, 5.41) is 0. The molecule has 0 fully saturated rings. The van der Waals surface area contributed by atoms with Gasteiger partial charge in [0.25, 0.3) is 0 Å². The molecule has 0 aliphatic heterocycles. The van der Waals surface area contributed by atoms with Gasteiger partial charge in [-0.05, 0) is 29.7 Å². The van der Waals surface area contributed by atoms with E-state index in [1.807, 2.05) is 54.6 Å². The third-order valence-electron chi connectivity index (χ3n) is 3.56. The third-order valence-corrected chi connectivity index (χ3v) is 3.56. The van der Waals surface area contributed by atoms with Crippen LogP contribution in [0.1, 0.15) is 17.5 Å². The zero-order valence-corrected chi connectivity index (χ0v) is 14.3. The molecule has 0 aromatic heterocycles. The molecule has 2 aromatic carbocycles. The maximum Gasteiger partial charge on any atom is 0.375 e. The first kappa shape index (κ1) is 18.7. The number of esters is 1. The molecular weight excluding hydrogens is 320 g/mol. The highest BCUT2D eigenvalue weighted by atomic mass is 16.5. The predicted molar refractivity (Wildman–Crippen MR) is 93.4 cm³/mol. The standard InChI is InChI=1S/C20H22O5/c1-23-13-11-16-7-9-18(10-8-16)24-14-12-19(21)20(22)25-15-17-5-3-2-4-6-17/h2-10H,11-15H2,1H3. The van der Waals surface area contributed by atoms with Crippen molar-refractivity contribution in [1.29, 1.82) is 0 Å². The molecule has 5 nitrogen and oxygen atoms in total. The van der Waals surface area contributed by atoms with E-state index < -0.39 is 11.8 Å². The third kappa shape index (κ3) is 6.77. The fourth-order valence-electron chi connectivity index (χ4n) is 2.14. The Morgan fingerprint density at radius 3 is 2.28 bits per heavy atom. The van der Waals surface area contributed by atoms with Crippen molar-refractivity contribution < 1.29 is 23.8 Å². The molecule has 0 saturated heterocycles. The lowest BCUT2D eigenvalue weighted by molar-refractivity contribution is -0.155. The number of rotatable bonds is 10. The number of carbonyl (C=O) groups is 2. The minimum absolute atomic E-state index is 0.0148. The summed E-state index contributed by atoms with van der Waals surface area (Å²) in [4.78, 5) is 23.4. The van der Waals surface area contributed by atoms with E-state index in [4.69, 9.17) is 14.2 Å². The van der Waals surface area contributed by atoms with E-state index >= 15 is 0 Å². The molecule has 0 spiro atoms. The van der Waals surface area contributed by atoms with Gasteiger partial charge < -0.3 is 14.2 Å². The first-order chi connectivity index (χ1) is 12.2. The minimum Gasteiger partial charge on any atom is -0.493 e. The quantitative estimate of drug-likeness (QED) is 0.491. The van der Waals surface area contributed by atoms with Gasteiger partial charge in [-0.3, -0.25) is 4.79 Å². The van der Waals surface area contributed by atoms with E-state index in [1.165, 1.54) is 0 Å². The lowest BCUT2D eigenvalue weighted by Crippen LogP contribution is -2.19. The number of hydrogen-bond donors (Lipinski definition) is 0. The van der Waals surface area contributed by atoms with Crippen LogP contribution in [0.2, 0.25) is 0 Å². The van der Waals surface area contributed by atoms with Crippen LogP contribution in [0.5, 0.6) is 5.75 Å². The fourth-order valence-corrected chi connectivity index (χ4v) is 2.14. The van der Waals surface area contributed by atoms with Crippen molar-refractivity contribution in [2.24, 2.45) is 0 Å². The molecule has 0 aliphatic rings. The van der Waals surface area contributed by atoms with E-state index in [-0.39, 0.29) is 19.6 Å². The van der Waals surface area contributed by atoms with Crippen LogP contribution in [0.25, 0.3) is 0 Å². The van der Waals surface area contributed by atoms with E-state index in [9.17, 15) is 9.59 Å². The average molecular weight is 342 g/mol. The van der Waals surface area contributed by atoms with Gasteiger partial charge in [-0.25, -0.2) is 4.79 Å². The number of Topliss-reactive ketones (excluding diaryl/α,β-unsaturated/α-hetero) is 1. The summed E-state index contributed by atoms with van der Waals surface area (Å²) >= 11 is 0. The number of benzene rings is 2. The van der Waals surface area contributed by atoms with Crippen molar-refractivity contribution >= 4 is 11.8 Å². The van der Waals surface area contributed by atoms with Gasteiger partial charge in [0.1, 0.15) is 12.4 Å². The largest absolute Gasteiger partial charge is 0.493 e. The van der Waals surface area contributed by atoms with Crippen LogP contribution in [0.4, 0.5) is 0 Å². The second kappa shape index (κ2) is 10.3. The van der Waals surface area contributed by atoms with Crippen LogP contribution in [0.3, 0.4) is 0 Å². The van der Waals surface area contributed by atoms with Crippen LogP contribution in [0.15, 0.2) is 54.6 Å². The Morgan fingerprint density at radius 1 is 0.880 bits per heavy atom. The van der Waals surface area contributed by atoms with Gasteiger partial charge in [0, 0.05) is 7.11 Å². The summed E-state index contributed by atoms with van der Waals surface area (Å²) < 4.78 is 15.5. The monoisotopic (exact) mass is 342 g/mol. The van der Waals surface area contributed by atoms with Crippen molar-refractivity contribution in [3.05, 3.63) is 65.7 Å². The molecular formula is C20H22O5. The van der Waals surface area contributed by atoms with Gasteiger partial charge in [-0.15, -0.1) is 0 Å². The lowest BCUT2D eigenvalue weighted by Gasteiger charge is -2.07. The van der Waals surface area contributed by atoms with Gasteiger partial charge in [0.15, 0.2) is 0 Å². The Morgan fingerprint density at radius 2 is 1.60 bits per heavy atom. The molecule has 5 heteroatoms. The predicted octanol–water partition coefficient (Wildman–Crippen LogP) is 2.96. The molecule has 0 atom stereocenters. The SMILES string of the molecule is COCCc1ccc(OCCC(=O)C(=O)OCc2ccccc2)cc1. The van der Waals surface area contributed by atoms with Crippen molar-refractivity contribution in [2.75, 3.05) is 20.3 Å². The molecule has 0 amide bonds. The van der Waals surface area contributed by atoms with Crippen molar-refractivity contribution in [2.45, 2.75) is 19.4 Å². The summed E-state index contributed by atoms with van der Waals surface area (Å²) in [6.45, 7) is 0.895. The lowest BCUT2D eigenvalue weighted by atomic mass is 10.1. The molecule has 0 aliphatic carbocycles. The molecule has 0 saturated carbocycles. The topological polar surface area (TPSA) is 61.8 Å². The summed E-state index contributed by atoms with van der Waals surface area (Å²) in [7, 11) is 1.67. The fraction of sp³-hybridized carbons (Fsp3) is 0.300. The normalized spacial score (nSPS) is 10.3. The number of ketones is 1. The van der Waals surface area contributed by atoms with Crippen LogP contribution < -0.4 is 4.74 Å². The molecule has 0 bridgehead atoms. The highest BCUT2D eigenvalue weighted by Gasteiger charge is 2.15. The zero-order valence-electron chi connectivity index (χ0n) is 14.3. The van der Waals surface area contributed by atoms with Gasteiger partial charge in [-0.2, -0.15) is 0 Å². The van der Waals surface area contributed by atoms with Crippen LogP contribution in [-0.2, 0) is 32.1 Å². The Hall–Kier alpha value is -2.66. The number of methoxy groups -OCH3 is 1. The number of hydrogen-bond acceptors (Lipinski definition) is 5. The molecule has 2 rings (SSSR count). The van der Waals surface area contributed by atoms with Crippen LogP contribution in [-0.4, -0.2) is 32.1 Å². The summed E-state index contributed by atoms with van der Waals surface area (Å²) in [6, 6.07) is 16.8. The summed E-state index contributed by atoms with van der Waals surface area (Å²) in [5.41, 5.74) is 1.99. The number of carbonyl (C=O) groups excluding carboxylic acids is 2. The average Bonchev–Trinajstić information content (AvgIpc) is 2.66. The van der Waals surface area contributed by atoms with Gasteiger partial charge in [0.05, 0.1) is 19.6 Å². The van der Waals surface area contributed by atoms with E-state index in [2.05, 4.69) is 0 Å². The zero-order chi connectivity index (χ0) is 17.9. The van der Waals surface area contributed by atoms with Crippen LogP contribution >= 0.6 is 0 Å². The van der Waals surface area contributed by atoms with E-state index in [1.54, 1.807) is 7.11 Å². The highest BCUT2D eigenvalue weighted by Crippen LogP contribution is 2.13. The molecule has 0 radical (unpaired) electrons. The van der Waals surface area contributed by atoms with Crippen LogP contribution in [0, 0.1) is 0 Å². The van der Waals surface area contributed by atoms with Gasteiger partial charge >= 0.3 is 5.97 Å². The van der Waals surface area contributed by atoms with Crippen molar-refractivity contribution in [3.63, 3.8) is 0 Å². The molecule has 132 valence electrons. The second-order valence-electron chi connectivity index (χ2n) is 5.47. The van der Waals surface area contributed by atoms with E-state index in [0.29, 0.717) is 12.4 Å². The van der Waals surface area contributed by atoms with E-state index in [0.717, 1.165) is 17.5 Å². The Labute approximate surface area is 147 Å². The molecule has 0 unspecified atom stereocenters. The first-order valence-corrected chi connectivity index (χ1v) is 8.13. The Bertz CT molecular complexity index is 664. The minimum atomic E-state index is -0.831. The Kier molecular flexibility index (Phi) is 7.66. The van der Waals surface area contributed by atoms with Crippen molar-refractivity contribution in [3.8, 4) is 5.75 Å². The molecule has 0 N–H and O–H groups in total. The second-order valence-corrected chi connectivity index (χ2v) is 5.47. The van der Waals surface area contributed by atoms with Crippen molar-refractivity contribution in [1.82, 2.24) is 0 Å². The number of ether oxygens (including phenoxy) is 3. The maximum atomic E-state index is 11.8. The summed E-state index contributed by atoms with van der Waals surface area (Å²) in [5.74, 6) is -0.762. The molecule has 0 heterocycles. The highest BCUT2D eigenvalue weighted by molar-refractivity contribution is 6.33. The smallest absolute Gasteiger partial charge is 0.375 e. The summed E-state index contributed by atoms with van der Waals surface area (Å²) in [6.07, 6.45) is 0.821. The first-order valence-electron chi connectivity index (χ1n) is 8.13.